The zero-order valence-electron chi connectivity index (χ0n) is 18.5. The lowest BCUT2D eigenvalue weighted by atomic mass is 10.2. The van der Waals surface area contributed by atoms with Gasteiger partial charge in [-0.25, -0.2) is 0 Å². The summed E-state index contributed by atoms with van der Waals surface area (Å²) in [6.45, 7) is 0. The minimum absolute atomic E-state index is 0.134. The fourth-order valence-electron chi connectivity index (χ4n) is 3.22. The largest absolute Gasteiger partial charge is 0.494 e. The van der Waals surface area contributed by atoms with Gasteiger partial charge in [0, 0.05) is 35.2 Å². The van der Waals surface area contributed by atoms with Gasteiger partial charge in [0.25, 0.3) is 5.91 Å². The Bertz CT molecular complexity index is 1360. The van der Waals surface area contributed by atoms with Crippen molar-refractivity contribution in [2.45, 2.75) is 12.8 Å². The molecule has 0 saturated carbocycles. The molecule has 0 aliphatic rings. The smallest absolute Gasteiger partial charge is 0.257 e. The molecule has 2 amide bonds. The first kappa shape index (κ1) is 24.3. The van der Waals surface area contributed by atoms with Gasteiger partial charge in [-0.15, -0.1) is 0 Å². The molecule has 0 bridgehead atoms. The van der Waals surface area contributed by atoms with Gasteiger partial charge in [0.2, 0.25) is 17.6 Å². The van der Waals surface area contributed by atoms with Gasteiger partial charge in [-0.3, -0.25) is 9.59 Å². The lowest BCUT2D eigenvalue weighted by molar-refractivity contribution is -0.116. The summed E-state index contributed by atoms with van der Waals surface area (Å²) in [6, 6.07) is 18.7. The maximum absolute atomic E-state index is 12.5. The molecule has 35 heavy (non-hydrogen) atoms. The molecule has 1 aromatic heterocycles. The van der Waals surface area contributed by atoms with Crippen molar-refractivity contribution < 1.29 is 18.8 Å². The molecule has 10 heteroatoms. The van der Waals surface area contributed by atoms with Crippen LogP contribution in [-0.2, 0) is 11.2 Å². The van der Waals surface area contributed by atoms with E-state index in [4.69, 9.17) is 32.5 Å². The van der Waals surface area contributed by atoms with E-state index in [0.29, 0.717) is 44.4 Å². The summed E-state index contributed by atoms with van der Waals surface area (Å²) in [7, 11) is 1.47. The summed E-state index contributed by atoms with van der Waals surface area (Å²) >= 11 is 12.0. The molecule has 0 fully saturated rings. The standard InChI is InChI=1S/C25H20Cl2N4O4/c1-34-21-14-17(10-11-20(21)29-25(33)18-4-2-3-5-19(18)27)28-22(32)12-13-23-30-24(31-35-23)15-6-8-16(26)9-7-15/h2-11,14H,12-13H2,1H3,(H,28,32)(H,29,33). The van der Waals surface area contributed by atoms with E-state index in [-0.39, 0.29) is 24.7 Å². The topological polar surface area (TPSA) is 106 Å². The molecule has 8 nitrogen and oxygen atoms in total. The number of ether oxygens (including phenoxy) is 1. The van der Waals surface area contributed by atoms with Crippen LogP contribution in [0.3, 0.4) is 0 Å². The van der Waals surface area contributed by atoms with Crippen LogP contribution in [0.4, 0.5) is 11.4 Å². The quantitative estimate of drug-likeness (QED) is 0.306. The van der Waals surface area contributed by atoms with Crippen molar-refractivity contribution in [2.24, 2.45) is 0 Å². The summed E-state index contributed by atoms with van der Waals surface area (Å²) in [6.07, 6.45) is 0.408. The maximum Gasteiger partial charge on any atom is 0.257 e. The number of aryl methyl sites for hydroxylation is 1. The van der Waals surface area contributed by atoms with Crippen molar-refractivity contribution in [3.8, 4) is 17.1 Å². The minimum atomic E-state index is -0.372. The van der Waals surface area contributed by atoms with Gasteiger partial charge >= 0.3 is 0 Å². The van der Waals surface area contributed by atoms with Gasteiger partial charge in [-0.2, -0.15) is 4.98 Å². The number of amides is 2. The van der Waals surface area contributed by atoms with Crippen LogP contribution in [0.2, 0.25) is 10.0 Å². The highest BCUT2D eigenvalue weighted by Gasteiger charge is 2.15. The maximum atomic E-state index is 12.5. The molecule has 2 N–H and O–H groups in total. The number of carbonyl (C=O) groups excluding carboxylic acids is 2. The summed E-state index contributed by atoms with van der Waals surface area (Å²) in [5.74, 6) is 0.540. The lowest BCUT2D eigenvalue weighted by Crippen LogP contribution is -2.14. The van der Waals surface area contributed by atoms with Gasteiger partial charge in [0.05, 0.1) is 23.4 Å². The number of nitrogens with one attached hydrogen (secondary N) is 2. The molecule has 4 rings (SSSR count). The Balaban J connectivity index is 1.35. The molecule has 1 heterocycles. The molecule has 178 valence electrons. The fraction of sp³-hybridized carbons (Fsp3) is 0.120. The first-order chi connectivity index (χ1) is 16.9. The highest BCUT2D eigenvalue weighted by atomic mass is 35.5. The second-order valence-corrected chi connectivity index (χ2v) is 8.26. The van der Waals surface area contributed by atoms with E-state index in [1.54, 1.807) is 66.7 Å². The molecule has 0 atom stereocenters. The number of halogens is 2. The molecule has 0 aliphatic carbocycles. The van der Waals surface area contributed by atoms with E-state index in [0.717, 1.165) is 5.56 Å². The normalized spacial score (nSPS) is 10.6. The molecular formula is C25H20Cl2N4O4. The highest BCUT2D eigenvalue weighted by molar-refractivity contribution is 6.34. The number of nitrogens with zero attached hydrogens (tertiary/aromatic N) is 2. The van der Waals surface area contributed by atoms with Crippen molar-refractivity contribution >= 4 is 46.4 Å². The van der Waals surface area contributed by atoms with Gasteiger partial charge < -0.3 is 19.9 Å². The van der Waals surface area contributed by atoms with Crippen LogP contribution in [0.1, 0.15) is 22.7 Å². The Hall–Kier alpha value is -3.88. The number of anilines is 2. The van der Waals surface area contributed by atoms with E-state index in [1.165, 1.54) is 7.11 Å². The van der Waals surface area contributed by atoms with Crippen molar-refractivity contribution in [1.82, 2.24) is 10.1 Å². The Labute approximate surface area is 211 Å². The molecule has 0 saturated heterocycles. The summed E-state index contributed by atoms with van der Waals surface area (Å²) < 4.78 is 10.6. The van der Waals surface area contributed by atoms with Crippen LogP contribution in [0.15, 0.2) is 71.3 Å². The third kappa shape index (κ3) is 6.17. The van der Waals surface area contributed by atoms with E-state index in [9.17, 15) is 9.59 Å². The number of hydrogen-bond acceptors (Lipinski definition) is 6. The third-order valence-electron chi connectivity index (χ3n) is 4.99. The van der Waals surface area contributed by atoms with Crippen LogP contribution in [-0.4, -0.2) is 29.1 Å². The van der Waals surface area contributed by atoms with Crippen molar-refractivity contribution in [2.75, 3.05) is 17.7 Å². The molecule has 4 aromatic rings. The van der Waals surface area contributed by atoms with Crippen LogP contribution in [0, 0.1) is 0 Å². The number of aromatic nitrogens is 2. The molecule has 0 aliphatic heterocycles. The van der Waals surface area contributed by atoms with Crippen LogP contribution in [0.25, 0.3) is 11.4 Å². The number of methoxy groups -OCH3 is 1. The first-order valence-electron chi connectivity index (χ1n) is 10.5. The van der Waals surface area contributed by atoms with Crippen LogP contribution < -0.4 is 15.4 Å². The molecule has 0 radical (unpaired) electrons. The van der Waals surface area contributed by atoms with Crippen molar-refractivity contribution in [1.29, 1.82) is 0 Å². The van der Waals surface area contributed by atoms with Crippen LogP contribution in [0.5, 0.6) is 5.75 Å². The van der Waals surface area contributed by atoms with Crippen molar-refractivity contribution in [3.63, 3.8) is 0 Å². The zero-order chi connectivity index (χ0) is 24.8. The van der Waals surface area contributed by atoms with E-state index < -0.39 is 0 Å². The number of benzene rings is 3. The van der Waals surface area contributed by atoms with Gasteiger partial charge in [-0.1, -0.05) is 40.5 Å². The summed E-state index contributed by atoms with van der Waals surface area (Å²) in [5, 5.41) is 10.5. The van der Waals surface area contributed by atoms with E-state index in [1.807, 2.05) is 0 Å². The molecule has 0 unspecified atom stereocenters. The van der Waals surface area contributed by atoms with E-state index in [2.05, 4.69) is 20.8 Å². The molecule has 0 spiro atoms. The van der Waals surface area contributed by atoms with Gasteiger partial charge in [-0.05, 0) is 48.5 Å². The predicted octanol–water partition coefficient (Wildman–Crippen LogP) is 5.88. The lowest BCUT2D eigenvalue weighted by Gasteiger charge is -2.13. The second-order valence-electron chi connectivity index (χ2n) is 7.42. The minimum Gasteiger partial charge on any atom is -0.494 e. The average Bonchev–Trinajstić information content (AvgIpc) is 3.33. The van der Waals surface area contributed by atoms with E-state index >= 15 is 0 Å². The Kier molecular flexibility index (Phi) is 7.64. The second kappa shape index (κ2) is 11.0. The van der Waals surface area contributed by atoms with Crippen molar-refractivity contribution in [3.05, 3.63) is 88.2 Å². The van der Waals surface area contributed by atoms with Crippen LogP contribution >= 0.6 is 23.2 Å². The Morgan fingerprint density at radius 3 is 2.51 bits per heavy atom. The third-order valence-corrected chi connectivity index (χ3v) is 5.57. The number of rotatable bonds is 8. The molecular weight excluding hydrogens is 491 g/mol. The number of carbonyl (C=O) groups is 2. The average molecular weight is 511 g/mol. The number of hydrogen-bond donors (Lipinski definition) is 2. The zero-order valence-corrected chi connectivity index (χ0v) is 20.1. The first-order valence-corrected chi connectivity index (χ1v) is 11.3. The summed E-state index contributed by atoms with van der Waals surface area (Å²) in [4.78, 5) is 29.3. The highest BCUT2D eigenvalue weighted by Crippen LogP contribution is 2.29. The Morgan fingerprint density at radius 2 is 1.77 bits per heavy atom. The SMILES string of the molecule is COc1cc(NC(=O)CCc2nc(-c3ccc(Cl)cc3)no2)ccc1NC(=O)c1ccccc1Cl. The summed E-state index contributed by atoms with van der Waals surface area (Å²) in [5.41, 5.74) is 2.06. The van der Waals surface area contributed by atoms with Gasteiger partial charge in [0.1, 0.15) is 5.75 Å². The monoisotopic (exact) mass is 510 g/mol. The Morgan fingerprint density at radius 1 is 1.00 bits per heavy atom. The fourth-order valence-corrected chi connectivity index (χ4v) is 3.57. The van der Waals surface area contributed by atoms with Gasteiger partial charge in [0.15, 0.2) is 0 Å². The molecule has 3 aromatic carbocycles. The predicted molar refractivity (Wildman–Crippen MR) is 134 cm³/mol.